The smallest absolute Gasteiger partial charge is 0.383 e. The molecule has 2 rings (SSSR count). The summed E-state index contributed by atoms with van der Waals surface area (Å²) in [5, 5.41) is 0.689. The number of rotatable bonds is 11. The molecule has 0 unspecified atom stereocenters. The summed E-state index contributed by atoms with van der Waals surface area (Å²) in [4.78, 5) is 12.7. The van der Waals surface area contributed by atoms with Gasteiger partial charge in [-0.25, -0.2) is 4.79 Å². The maximum atomic E-state index is 12.7. The van der Waals surface area contributed by atoms with Crippen molar-refractivity contribution in [3.63, 3.8) is 0 Å². The van der Waals surface area contributed by atoms with Gasteiger partial charge in [0.2, 0.25) is 5.75 Å². The van der Waals surface area contributed by atoms with Gasteiger partial charge in [-0.2, -0.15) is 0 Å². The molecule has 0 amide bonds. The summed E-state index contributed by atoms with van der Waals surface area (Å²) in [6, 6.07) is 5.42. The molecular weight excluding hydrogens is 380 g/mol. The minimum absolute atomic E-state index is 0.122. The van der Waals surface area contributed by atoms with Crippen LogP contribution in [0, 0.1) is 0 Å². The van der Waals surface area contributed by atoms with Gasteiger partial charge in [0.15, 0.2) is 5.75 Å². The van der Waals surface area contributed by atoms with Crippen molar-refractivity contribution in [3.8, 4) is 17.2 Å². The fourth-order valence-electron chi connectivity index (χ4n) is 2.85. The lowest BCUT2D eigenvalue weighted by atomic mass is 10.1. The zero-order valence-corrected chi connectivity index (χ0v) is 18.8. The first-order chi connectivity index (χ1) is 14.4. The van der Waals surface area contributed by atoms with Crippen molar-refractivity contribution < 1.29 is 18.6 Å². The quantitative estimate of drug-likeness (QED) is 0.240. The van der Waals surface area contributed by atoms with Crippen LogP contribution in [0.4, 0.5) is 0 Å². The molecule has 164 valence electrons. The van der Waals surface area contributed by atoms with Crippen molar-refractivity contribution in [1.29, 1.82) is 0 Å². The third kappa shape index (κ3) is 7.29. The van der Waals surface area contributed by atoms with Crippen LogP contribution in [0.5, 0.6) is 17.2 Å². The van der Waals surface area contributed by atoms with Crippen molar-refractivity contribution in [2.45, 2.75) is 65.9 Å². The molecule has 1 aromatic carbocycles. The molecule has 2 aromatic rings. The van der Waals surface area contributed by atoms with Gasteiger partial charge in [-0.1, -0.05) is 38.2 Å². The molecule has 0 spiro atoms. The monoisotopic (exact) mass is 414 g/mol. The molecule has 1 heterocycles. The second kappa shape index (κ2) is 11.5. The number of fused-ring (bicyclic) bond motifs is 1. The highest BCUT2D eigenvalue weighted by Gasteiger charge is 2.19. The predicted molar refractivity (Wildman–Crippen MR) is 122 cm³/mol. The zero-order chi connectivity index (χ0) is 22.0. The standard InChI is InChI=1S/C25H34O5/c1-6-8-10-12-16-27-22-20-15-14-19(30-25(3,4)5)18-21(20)29-24(26)23(22)28-17-13-11-9-7-2/h8-11,14-15,18H,6-7,12-13,16-17H2,1-5H3. The van der Waals surface area contributed by atoms with Gasteiger partial charge in [0.05, 0.1) is 18.6 Å². The summed E-state index contributed by atoms with van der Waals surface area (Å²) < 4.78 is 23.2. The normalized spacial score (nSPS) is 12.2. The SMILES string of the molecule is CCC=CCCOc1c(OCCC=CCC)c2ccc(OC(C)(C)C)cc2oc1=O. The Hall–Kier alpha value is -2.69. The highest BCUT2D eigenvalue weighted by molar-refractivity contribution is 5.86. The Morgan fingerprint density at radius 1 is 0.900 bits per heavy atom. The van der Waals surface area contributed by atoms with Crippen molar-refractivity contribution >= 4 is 11.0 Å². The van der Waals surface area contributed by atoms with Crippen LogP contribution in [0.2, 0.25) is 0 Å². The fraction of sp³-hybridized carbons (Fsp3) is 0.480. The van der Waals surface area contributed by atoms with E-state index in [-0.39, 0.29) is 11.4 Å². The summed E-state index contributed by atoms with van der Waals surface area (Å²) >= 11 is 0. The van der Waals surface area contributed by atoms with Crippen LogP contribution in [0.3, 0.4) is 0 Å². The van der Waals surface area contributed by atoms with Crippen LogP contribution in [0.25, 0.3) is 11.0 Å². The van der Waals surface area contributed by atoms with Crippen molar-refractivity contribution in [2.75, 3.05) is 13.2 Å². The molecule has 1 aromatic heterocycles. The minimum atomic E-state index is -0.547. The molecule has 0 aliphatic rings. The Balaban J connectivity index is 2.35. The van der Waals surface area contributed by atoms with E-state index in [4.69, 9.17) is 18.6 Å². The fourth-order valence-corrected chi connectivity index (χ4v) is 2.85. The number of benzene rings is 1. The van der Waals surface area contributed by atoms with Crippen molar-refractivity contribution in [3.05, 3.63) is 52.9 Å². The average Bonchev–Trinajstić information content (AvgIpc) is 2.67. The van der Waals surface area contributed by atoms with Gasteiger partial charge in [0.1, 0.15) is 16.9 Å². The van der Waals surface area contributed by atoms with E-state index in [1.165, 1.54) is 0 Å². The maximum absolute atomic E-state index is 12.7. The van der Waals surface area contributed by atoms with Crippen LogP contribution in [0.15, 0.2) is 51.7 Å². The van der Waals surface area contributed by atoms with E-state index in [1.807, 2.05) is 39.0 Å². The second-order valence-corrected chi connectivity index (χ2v) is 7.95. The van der Waals surface area contributed by atoms with E-state index in [0.717, 1.165) is 19.3 Å². The molecule has 0 aliphatic carbocycles. The zero-order valence-electron chi connectivity index (χ0n) is 18.8. The minimum Gasteiger partial charge on any atom is -0.488 e. The average molecular weight is 415 g/mol. The van der Waals surface area contributed by atoms with E-state index in [1.54, 1.807) is 6.07 Å². The van der Waals surface area contributed by atoms with Crippen LogP contribution < -0.4 is 19.8 Å². The summed E-state index contributed by atoms with van der Waals surface area (Å²) in [7, 11) is 0. The van der Waals surface area contributed by atoms with Gasteiger partial charge in [0.25, 0.3) is 0 Å². The van der Waals surface area contributed by atoms with Gasteiger partial charge < -0.3 is 18.6 Å². The molecule has 0 N–H and O–H groups in total. The molecule has 0 saturated heterocycles. The molecule has 5 heteroatoms. The van der Waals surface area contributed by atoms with E-state index < -0.39 is 5.63 Å². The lowest BCUT2D eigenvalue weighted by molar-refractivity contribution is 0.131. The third-order valence-electron chi connectivity index (χ3n) is 4.08. The molecule has 0 radical (unpaired) electrons. The molecule has 0 aliphatic heterocycles. The lowest BCUT2D eigenvalue weighted by Crippen LogP contribution is -2.22. The summed E-state index contributed by atoms with van der Waals surface area (Å²) in [5.41, 5.74) is -0.485. The first kappa shape index (κ1) is 23.6. The Kier molecular flexibility index (Phi) is 9.03. The molecule has 0 bridgehead atoms. The Morgan fingerprint density at radius 2 is 1.50 bits per heavy atom. The number of hydrogen-bond acceptors (Lipinski definition) is 5. The third-order valence-corrected chi connectivity index (χ3v) is 4.08. The van der Waals surface area contributed by atoms with Crippen LogP contribution in [-0.4, -0.2) is 18.8 Å². The molecule has 0 fully saturated rings. The predicted octanol–water partition coefficient (Wildman–Crippen LogP) is 6.44. The molecule has 30 heavy (non-hydrogen) atoms. The number of ether oxygens (including phenoxy) is 3. The van der Waals surface area contributed by atoms with E-state index in [0.29, 0.717) is 42.1 Å². The summed E-state index contributed by atoms with van der Waals surface area (Å²) in [5.74, 6) is 1.18. The molecular formula is C25H34O5. The lowest BCUT2D eigenvalue weighted by Gasteiger charge is -2.21. The van der Waals surface area contributed by atoms with Gasteiger partial charge in [0, 0.05) is 6.07 Å². The second-order valence-electron chi connectivity index (χ2n) is 7.95. The Labute approximate surface area is 179 Å². The Bertz CT molecular complexity index is 916. The van der Waals surface area contributed by atoms with Crippen molar-refractivity contribution in [1.82, 2.24) is 0 Å². The van der Waals surface area contributed by atoms with Gasteiger partial charge in [-0.05, 0) is 58.6 Å². The highest BCUT2D eigenvalue weighted by Crippen LogP contribution is 2.35. The van der Waals surface area contributed by atoms with Gasteiger partial charge >= 0.3 is 5.63 Å². The molecule has 0 atom stereocenters. The topological polar surface area (TPSA) is 57.9 Å². The van der Waals surface area contributed by atoms with Crippen LogP contribution in [-0.2, 0) is 0 Å². The first-order valence-electron chi connectivity index (χ1n) is 10.7. The first-order valence-corrected chi connectivity index (χ1v) is 10.7. The molecule has 0 saturated carbocycles. The molecule has 5 nitrogen and oxygen atoms in total. The number of allylic oxidation sites excluding steroid dienone is 2. The highest BCUT2D eigenvalue weighted by atomic mass is 16.5. The van der Waals surface area contributed by atoms with Gasteiger partial charge in [-0.3, -0.25) is 0 Å². The van der Waals surface area contributed by atoms with E-state index >= 15 is 0 Å². The van der Waals surface area contributed by atoms with Gasteiger partial charge in [-0.15, -0.1) is 0 Å². The summed E-state index contributed by atoms with van der Waals surface area (Å²) in [6.45, 7) is 10.9. The largest absolute Gasteiger partial charge is 0.488 e. The van der Waals surface area contributed by atoms with E-state index in [2.05, 4.69) is 32.1 Å². The summed E-state index contributed by atoms with van der Waals surface area (Å²) in [6.07, 6.45) is 11.7. The van der Waals surface area contributed by atoms with Crippen molar-refractivity contribution in [2.24, 2.45) is 0 Å². The van der Waals surface area contributed by atoms with E-state index in [9.17, 15) is 4.79 Å². The Morgan fingerprint density at radius 3 is 2.07 bits per heavy atom. The number of hydrogen-bond donors (Lipinski definition) is 0. The van der Waals surface area contributed by atoms with Crippen LogP contribution >= 0.6 is 0 Å². The maximum Gasteiger partial charge on any atom is 0.383 e. The van der Waals surface area contributed by atoms with Crippen LogP contribution in [0.1, 0.15) is 60.3 Å².